The SMILES string of the molecule is Fc1ccc(Nc2nc(-c3cccnc3)nc3ccc(NCC4CCOCC4)cc23)cc1Cl. The monoisotopic (exact) mass is 463 g/mol. The Hall–Kier alpha value is -3.29. The maximum atomic E-state index is 13.7. The van der Waals surface area contributed by atoms with Crippen LogP contribution in [0.1, 0.15) is 12.8 Å². The predicted molar refractivity (Wildman–Crippen MR) is 129 cm³/mol. The molecule has 0 saturated carbocycles. The molecule has 2 aromatic carbocycles. The molecule has 1 fully saturated rings. The van der Waals surface area contributed by atoms with E-state index in [1.54, 1.807) is 24.5 Å². The number of nitrogens with zero attached hydrogens (tertiary/aromatic N) is 3. The van der Waals surface area contributed by atoms with Crippen LogP contribution in [0.25, 0.3) is 22.3 Å². The van der Waals surface area contributed by atoms with Crippen molar-refractivity contribution in [2.45, 2.75) is 12.8 Å². The molecule has 0 atom stereocenters. The van der Waals surface area contributed by atoms with Crippen molar-refractivity contribution in [3.8, 4) is 11.4 Å². The van der Waals surface area contributed by atoms with Gasteiger partial charge in [0, 0.05) is 54.5 Å². The summed E-state index contributed by atoms with van der Waals surface area (Å²) in [5.41, 5.74) is 3.23. The number of pyridine rings is 1. The number of hydrogen-bond donors (Lipinski definition) is 2. The fraction of sp³-hybridized carbons (Fsp3) is 0.240. The van der Waals surface area contributed by atoms with Crippen molar-refractivity contribution in [1.82, 2.24) is 15.0 Å². The first-order valence-electron chi connectivity index (χ1n) is 10.9. The highest BCUT2D eigenvalue weighted by Crippen LogP contribution is 2.31. The molecule has 0 aliphatic carbocycles. The van der Waals surface area contributed by atoms with Crippen molar-refractivity contribution >= 4 is 39.7 Å². The van der Waals surface area contributed by atoms with Gasteiger partial charge in [0.1, 0.15) is 11.6 Å². The van der Waals surface area contributed by atoms with E-state index >= 15 is 0 Å². The summed E-state index contributed by atoms with van der Waals surface area (Å²) in [5.74, 6) is 1.29. The summed E-state index contributed by atoms with van der Waals surface area (Å²) >= 11 is 5.99. The topological polar surface area (TPSA) is 72.0 Å². The second-order valence-electron chi connectivity index (χ2n) is 8.06. The van der Waals surface area contributed by atoms with Gasteiger partial charge in [0.2, 0.25) is 0 Å². The van der Waals surface area contributed by atoms with E-state index in [-0.39, 0.29) is 5.02 Å². The molecule has 2 N–H and O–H groups in total. The maximum absolute atomic E-state index is 13.7. The van der Waals surface area contributed by atoms with E-state index in [1.165, 1.54) is 6.07 Å². The third-order valence-corrected chi connectivity index (χ3v) is 6.02. The Morgan fingerprint density at radius 2 is 1.88 bits per heavy atom. The number of hydrogen-bond acceptors (Lipinski definition) is 6. The average Bonchev–Trinajstić information content (AvgIpc) is 2.86. The van der Waals surface area contributed by atoms with Crippen LogP contribution in [-0.4, -0.2) is 34.7 Å². The van der Waals surface area contributed by atoms with Crippen LogP contribution in [0.4, 0.5) is 21.6 Å². The summed E-state index contributed by atoms with van der Waals surface area (Å²) in [6, 6.07) is 14.3. The lowest BCUT2D eigenvalue weighted by Gasteiger charge is -2.22. The molecule has 0 radical (unpaired) electrons. The lowest BCUT2D eigenvalue weighted by Crippen LogP contribution is -2.22. The molecule has 5 rings (SSSR count). The van der Waals surface area contributed by atoms with Crippen LogP contribution < -0.4 is 10.6 Å². The van der Waals surface area contributed by atoms with E-state index in [0.29, 0.717) is 23.2 Å². The molecule has 33 heavy (non-hydrogen) atoms. The summed E-state index contributed by atoms with van der Waals surface area (Å²) in [4.78, 5) is 13.7. The molecule has 0 unspecified atom stereocenters. The van der Waals surface area contributed by atoms with E-state index in [4.69, 9.17) is 26.3 Å². The first-order chi connectivity index (χ1) is 16.2. The summed E-state index contributed by atoms with van der Waals surface area (Å²) in [6.07, 6.45) is 5.57. The Balaban J connectivity index is 1.51. The first kappa shape index (κ1) is 21.6. The quantitative estimate of drug-likeness (QED) is 0.362. The van der Waals surface area contributed by atoms with Gasteiger partial charge in [0.25, 0.3) is 0 Å². The van der Waals surface area contributed by atoms with E-state index in [9.17, 15) is 4.39 Å². The lowest BCUT2D eigenvalue weighted by atomic mass is 10.0. The Morgan fingerprint density at radius 3 is 2.67 bits per heavy atom. The molecular formula is C25H23ClFN5O. The molecule has 8 heteroatoms. The van der Waals surface area contributed by atoms with Crippen LogP contribution in [0.15, 0.2) is 60.9 Å². The Labute approximate surface area is 196 Å². The van der Waals surface area contributed by atoms with Crippen molar-refractivity contribution in [3.05, 3.63) is 71.8 Å². The van der Waals surface area contributed by atoms with Gasteiger partial charge in [-0.2, -0.15) is 0 Å². The fourth-order valence-electron chi connectivity index (χ4n) is 3.88. The van der Waals surface area contributed by atoms with Crippen molar-refractivity contribution in [2.75, 3.05) is 30.4 Å². The average molecular weight is 464 g/mol. The van der Waals surface area contributed by atoms with Crippen molar-refractivity contribution in [1.29, 1.82) is 0 Å². The third kappa shape index (κ3) is 5.05. The molecule has 6 nitrogen and oxygen atoms in total. The van der Waals surface area contributed by atoms with Gasteiger partial charge in [-0.3, -0.25) is 4.98 Å². The van der Waals surface area contributed by atoms with Gasteiger partial charge in [0.05, 0.1) is 10.5 Å². The van der Waals surface area contributed by atoms with Gasteiger partial charge in [0.15, 0.2) is 5.82 Å². The number of benzene rings is 2. The Kier molecular flexibility index (Phi) is 6.32. The molecule has 4 aromatic rings. The Bertz CT molecular complexity index is 1260. The van der Waals surface area contributed by atoms with Crippen molar-refractivity contribution < 1.29 is 9.13 Å². The summed E-state index contributed by atoms with van der Waals surface area (Å²) in [7, 11) is 0. The third-order valence-electron chi connectivity index (χ3n) is 5.73. The zero-order valence-corrected chi connectivity index (χ0v) is 18.6. The maximum Gasteiger partial charge on any atom is 0.163 e. The number of aromatic nitrogens is 3. The predicted octanol–water partition coefficient (Wildman–Crippen LogP) is 6.07. The summed E-state index contributed by atoms with van der Waals surface area (Å²) in [6.45, 7) is 2.53. The number of fused-ring (bicyclic) bond motifs is 1. The number of halogens is 2. The van der Waals surface area contributed by atoms with E-state index in [2.05, 4.69) is 15.6 Å². The molecule has 1 aliphatic heterocycles. The minimum Gasteiger partial charge on any atom is -0.385 e. The number of anilines is 3. The zero-order chi connectivity index (χ0) is 22.6. The Morgan fingerprint density at radius 1 is 1.03 bits per heavy atom. The van der Waals surface area contributed by atoms with E-state index < -0.39 is 5.82 Å². The molecule has 3 heterocycles. The molecule has 0 amide bonds. The highest BCUT2D eigenvalue weighted by molar-refractivity contribution is 6.31. The smallest absolute Gasteiger partial charge is 0.163 e. The molecule has 168 valence electrons. The molecular weight excluding hydrogens is 441 g/mol. The van der Waals surface area contributed by atoms with Gasteiger partial charge >= 0.3 is 0 Å². The number of nitrogens with one attached hydrogen (secondary N) is 2. The molecule has 0 spiro atoms. The van der Waals surface area contributed by atoms with Crippen LogP contribution in [0.5, 0.6) is 0 Å². The van der Waals surface area contributed by atoms with Crippen LogP contribution >= 0.6 is 11.6 Å². The largest absolute Gasteiger partial charge is 0.385 e. The summed E-state index contributed by atoms with van der Waals surface area (Å²) in [5, 5.41) is 7.73. The van der Waals surface area contributed by atoms with Crippen LogP contribution in [0.2, 0.25) is 5.02 Å². The molecule has 2 aromatic heterocycles. The molecule has 0 bridgehead atoms. The standard InChI is InChI=1S/C25H23ClFN5O/c26-21-13-19(3-5-22(21)27)30-25-20-12-18(29-14-16-7-10-33-11-8-16)4-6-23(20)31-24(32-25)17-2-1-9-28-15-17/h1-6,9,12-13,15-16,29H,7-8,10-11,14H2,(H,30,31,32). The van der Waals surface area contributed by atoms with E-state index in [0.717, 1.165) is 54.8 Å². The van der Waals surface area contributed by atoms with Crippen LogP contribution in [0.3, 0.4) is 0 Å². The number of ether oxygens (including phenoxy) is 1. The van der Waals surface area contributed by atoms with Gasteiger partial charge in [-0.1, -0.05) is 11.6 Å². The highest BCUT2D eigenvalue weighted by Gasteiger charge is 2.15. The van der Waals surface area contributed by atoms with Gasteiger partial charge < -0.3 is 15.4 Å². The second kappa shape index (κ2) is 9.68. The first-order valence-corrected chi connectivity index (χ1v) is 11.3. The van der Waals surface area contributed by atoms with Crippen LogP contribution in [0, 0.1) is 11.7 Å². The minimum atomic E-state index is -0.467. The van der Waals surface area contributed by atoms with Crippen molar-refractivity contribution in [3.63, 3.8) is 0 Å². The van der Waals surface area contributed by atoms with Gasteiger partial charge in [-0.05, 0) is 67.3 Å². The fourth-order valence-corrected chi connectivity index (χ4v) is 4.06. The molecule has 1 saturated heterocycles. The van der Waals surface area contributed by atoms with Crippen LogP contribution in [-0.2, 0) is 4.74 Å². The second-order valence-corrected chi connectivity index (χ2v) is 8.47. The highest BCUT2D eigenvalue weighted by atomic mass is 35.5. The van der Waals surface area contributed by atoms with Crippen molar-refractivity contribution in [2.24, 2.45) is 5.92 Å². The van der Waals surface area contributed by atoms with E-state index in [1.807, 2.05) is 30.3 Å². The molecule has 1 aliphatic rings. The number of rotatable bonds is 6. The normalized spacial score (nSPS) is 14.4. The van der Waals surface area contributed by atoms with Gasteiger partial charge in [-0.15, -0.1) is 0 Å². The minimum absolute atomic E-state index is 0.0460. The summed E-state index contributed by atoms with van der Waals surface area (Å²) < 4.78 is 19.1. The zero-order valence-electron chi connectivity index (χ0n) is 17.9. The lowest BCUT2D eigenvalue weighted by molar-refractivity contribution is 0.0699. The van der Waals surface area contributed by atoms with Gasteiger partial charge in [-0.25, -0.2) is 14.4 Å².